The van der Waals surface area contributed by atoms with Gasteiger partial charge in [-0.3, -0.25) is 0 Å². The van der Waals surface area contributed by atoms with E-state index in [1.807, 2.05) is 12.1 Å². The van der Waals surface area contributed by atoms with E-state index < -0.39 is 22.1 Å². The lowest BCUT2D eigenvalue weighted by Gasteiger charge is -2.41. The molecular weight excluding hydrogens is 416 g/mol. The number of piperidine rings is 1. The molecule has 0 bridgehead atoms. The van der Waals surface area contributed by atoms with Gasteiger partial charge in [-0.1, -0.05) is 30.3 Å². The maximum absolute atomic E-state index is 12.6. The first-order valence-electron chi connectivity index (χ1n) is 10.9. The first kappa shape index (κ1) is 23.5. The number of urea groups is 1. The van der Waals surface area contributed by atoms with Gasteiger partial charge in [0.15, 0.2) is 0 Å². The van der Waals surface area contributed by atoms with Gasteiger partial charge < -0.3 is 15.0 Å². The van der Waals surface area contributed by atoms with E-state index in [1.54, 1.807) is 4.90 Å². The van der Waals surface area contributed by atoms with Crippen molar-refractivity contribution in [1.82, 2.24) is 14.9 Å². The number of hydrogen-bond acceptors (Lipinski definition) is 5. The van der Waals surface area contributed by atoms with Crippen LogP contribution in [0.3, 0.4) is 0 Å². The molecule has 2 fully saturated rings. The molecule has 1 aliphatic carbocycles. The third-order valence-corrected chi connectivity index (χ3v) is 6.90. The highest BCUT2D eigenvalue weighted by atomic mass is 32.2. The topological polar surface area (TPSA) is 112 Å². The summed E-state index contributed by atoms with van der Waals surface area (Å²) in [5.74, 6) is 0.545. The van der Waals surface area contributed by atoms with E-state index >= 15 is 0 Å². The number of amides is 2. The monoisotopic (exact) mass is 448 g/mol. The third kappa shape index (κ3) is 6.92. The second-order valence-electron chi connectivity index (χ2n) is 8.43. The van der Waals surface area contributed by atoms with Crippen LogP contribution in [-0.2, 0) is 14.8 Å². The molecule has 31 heavy (non-hydrogen) atoms. The van der Waals surface area contributed by atoms with Crippen LogP contribution >= 0.6 is 0 Å². The minimum Gasteiger partial charge on any atom is -0.376 e. The first-order valence-corrected chi connectivity index (χ1v) is 12.8. The highest BCUT2D eigenvalue weighted by molar-refractivity contribution is 7.88. The van der Waals surface area contributed by atoms with Gasteiger partial charge in [0.1, 0.15) is 6.54 Å². The SMILES string of the molecule is CS(=O)(=O)N[C@H]1CCCN(C(=O)NCC#N)[C@H]1CO[C@H]1CC[C@@H](c2ccccc2)CC1. The van der Waals surface area contributed by atoms with Crippen LogP contribution < -0.4 is 10.0 Å². The lowest BCUT2D eigenvalue weighted by atomic mass is 9.83. The molecule has 170 valence electrons. The van der Waals surface area contributed by atoms with Gasteiger partial charge >= 0.3 is 6.03 Å². The first-order chi connectivity index (χ1) is 14.9. The van der Waals surface area contributed by atoms with Crippen molar-refractivity contribution < 1.29 is 17.9 Å². The Kier molecular flexibility index (Phi) is 8.29. The number of carbonyl (C=O) groups is 1. The second kappa shape index (κ2) is 10.9. The molecule has 0 aromatic heterocycles. The van der Waals surface area contributed by atoms with Gasteiger partial charge in [0.25, 0.3) is 0 Å². The molecule has 1 aliphatic heterocycles. The molecule has 0 unspecified atom stereocenters. The maximum Gasteiger partial charge on any atom is 0.318 e. The summed E-state index contributed by atoms with van der Waals surface area (Å²) >= 11 is 0. The molecular formula is C22H32N4O4S. The molecule has 1 heterocycles. The molecule has 1 saturated carbocycles. The summed E-state index contributed by atoms with van der Waals surface area (Å²) in [6.45, 7) is 0.693. The number of rotatable bonds is 7. The Labute approximate surface area is 185 Å². The van der Waals surface area contributed by atoms with Gasteiger partial charge in [0.05, 0.1) is 31.1 Å². The zero-order valence-corrected chi connectivity index (χ0v) is 18.8. The van der Waals surface area contributed by atoms with Crippen LogP contribution in [0, 0.1) is 11.3 Å². The lowest BCUT2D eigenvalue weighted by molar-refractivity contribution is -0.0173. The molecule has 2 aliphatic rings. The average molecular weight is 449 g/mol. The van der Waals surface area contributed by atoms with Gasteiger partial charge in [-0.15, -0.1) is 0 Å². The summed E-state index contributed by atoms with van der Waals surface area (Å²) in [6.07, 6.45) is 6.55. The molecule has 1 aromatic carbocycles. The van der Waals surface area contributed by atoms with Crippen LogP contribution in [0.4, 0.5) is 4.79 Å². The molecule has 0 spiro atoms. The summed E-state index contributed by atoms with van der Waals surface area (Å²) in [5, 5.41) is 11.3. The van der Waals surface area contributed by atoms with Crippen molar-refractivity contribution in [2.75, 3.05) is 26.0 Å². The molecule has 0 radical (unpaired) electrons. The van der Waals surface area contributed by atoms with Crippen molar-refractivity contribution in [1.29, 1.82) is 5.26 Å². The number of sulfonamides is 1. The predicted octanol–water partition coefficient (Wildman–Crippen LogP) is 2.34. The summed E-state index contributed by atoms with van der Waals surface area (Å²) in [6, 6.07) is 11.2. The highest BCUT2D eigenvalue weighted by Gasteiger charge is 2.37. The quantitative estimate of drug-likeness (QED) is 0.622. The highest BCUT2D eigenvalue weighted by Crippen LogP contribution is 2.34. The van der Waals surface area contributed by atoms with E-state index in [9.17, 15) is 13.2 Å². The smallest absolute Gasteiger partial charge is 0.318 e. The number of carbonyl (C=O) groups excluding carboxylic acids is 1. The van der Waals surface area contributed by atoms with Crippen molar-refractivity contribution in [2.45, 2.75) is 62.6 Å². The number of nitrogens with one attached hydrogen (secondary N) is 2. The molecule has 1 saturated heterocycles. The number of likely N-dealkylation sites (tertiary alicyclic amines) is 1. The Morgan fingerprint density at radius 2 is 1.90 bits per heavy atom. The van der Waals surface area contributed by atoms with Crippen molar-refractivity contribution in [2.24, 2.45) is 0 Å². The minimum absolute atomic E-state index is 0.0867. The van der Waals surface area contributed by atoms with E-state index in [2.05, 4.69) is 34.3 Å². The molecule has 3 rings (SSSR count). The summed E-state index contributed by atoms with van der Waals surface area (Å²) in [5.41, 5.74) is 1.37. The van der Waals surface area contributed by atoms with Gasteiger partial charge in [-0.2, -0.15) is 5.26 Å². The fourth-order valence-corrected chi connectivity index (χ4v) is 5.49. The molecule has 9 heteroatoms. The number of benzene rings is 1. The number of nitrogens with zero attached hydrogens (tertiary/aromatic N) is 2. The van der Waals surface area contributed by atoms with Crippen molar-refractivity contribution >= 4 is 16.1 Å². The van der Waals surface area contributed by atoms with E-state index in [0.29, 0.717) is 25.3 Å². The van der Waals surface area contributed by atoms with Crippen LogP contribution in [0.2, 0.25) is 0 Å². The molecule has 2 N–H and O–H groups in total. The van der Waals surface area contributed by atoms with Crippen LogP contribution in [0.15, 0.2) is 30.3 Å². The zero-order valence-electron chi connectivity index (χ0n) is 18.0. The van der Waals surface area contributed by atoms with Gasteiger partial charge in [0, 0.05) is 12.6 Å². The molecule has 2 amide bonds. The maximum atomic E-state index is 12.6. The fraction of sp³-hybridized carbons (Fsp3) is 0.636. The normalized spacial score (nSPS) is 26.8. The Balaban J connectivity index is 1.60. The minimum atomic E-state index is -3.42. The van der Waals surface area contributed by atoms with Crippen LogP contribution in [0.1, 0.15) is 50.0 Å². The van der Waals surface area contributed by atoms with Gasteiger partial charge in [-0.25, -0.2) is 17.9 Å². The standard InChI is InChI=1S/C22H32N4O4S/c1-31(28,29)25-20-8-5-15-26(22(27)24-14-13-23)21(20)16-30-19-11-9-18(10-12-19)17-6-3-2-4-7-17/h2-4,6-7,18-21,25H,5,8-12,14-16H2,1H3,(H,24,27)/t18-,19+,20-,21-/m0/s1. The third-order valence-electron chi connectivity index (χ3n) is 6.17. The molecule has 2 atom stereocenters. The van der Waals surface area contributed by atoms with Crippen molar-refractivity contribution in [3.05, 3.63) is 35.9 Å². The molecule has 8 nitrogen and oxygen atoms in total. The van der Waals surface area contributed by atoms with Crippen LogP contribution in [0.25, 0.3) is 0 Å². The number of nitriles is 1. The second-order valence-corrected chi connectivity index (χ2v) is 10.2. The van der Waals surface area contributed by atoms with E-state index in [1.165, 1.54) is 5.56 Å². The van der Waals surface area contributed by atoms with Crippen LogP contribution in [-0.4, -0.2) is 63.5 Å². The van der Waals surface area contributed by atoms with E-state index in [-0.39, 0.29) is 25.3 Å². The Bertz CT molecular complexity index is 863. The predicted molar refractivity (Wildman–Crippen MR) is 118 cm³/mol. The number of hydrogen-bond donors (Lipinski definition) is 2. The van der Waals surface area contributed by atoms with Gasteiger partial charge in [-0.05, 0) is 50.0 Å². The zero-order chi connectivity index (χ0) is 22.3. The fourth-order valence-electron chi connectivity index (χ4n) is 4.67. The van der Waals surface area contributed by atoms with Crippen molar-refractivity contribution in [3.8, 4) is 6.07 Å². The lowest BCUT2D eigenvalue weighted by Crippen LogP contribution is -2.60. The Morgan fingerprint density at radius 3 is 2.55 bits per heavy atom. The Hall–Kier alpha value is -2.15. The van der Waals surface area contributed by atoms with Crippen LogP contribution in [0.5, 0.6) is 0 Å². The molecule has 1 aromatic rings. The van der Waals surface area contributed by atoms with Crippen molar-refractivity contribution in [3.63, 3.8) is 0 Å². The summed E-state index contributed by atoms with van der Waals surface area (Å²) < 4.78 is 32.6. The number of ether oxygens (including phenoxy) is 1. The Morgan fingerprint density at radius 1 is 1.19 bits per heavy atom. The summed E-state index contributed by atoms with van der Waals surface area (Å²) in [4.78, 5) is 14.2. The largest absolute Gasteiger partial charge is 0.376 e. The average Bonchev–Trinajstić information content (AvgIpc) is 2.76. The van der Waals surface area contributed by atoms with E-state index in [0.717, 1.165) is 31.9 Å². The van der Waals surface area contributed by atoms with Gasteiger partial charge in [0.2, 0.25) is 10.0 Å². The summed E-state index contributed by atoms with van der Waals surface area (Å²) in [7, 11) is -3.42. The van der Waals surface area contributed by atoms with E-state index in [4.69, 9.17) is 10.00 Å².